The first kappa shape index (κ1) is 15.3. The first-order chi connectivity index (χ1) is 9.99. The minimum atomic E-state index is -0.380. The minimum Gasteiger partial charge on any atom is -0.384 e. The largest absolute Gasteiger partial charge is 0.384 e. The van der Waals surface area contributed by atoms with Gasteiger partial charge < -0.3 is 16.8 Å². The molecule has 0 amide bonds. The van der Waals surface area contributed by atoms with E-state index in [2.05, 4.69) is 15.3 Å². The number of aryl methyl sites for hydroxylation is 1. The van der Waals surface area contributed by atoms with Gasteiger partial charge in [-0.05, 0) is 18.6 Å². The molecule has 0 saturated carbocycles. The fourth-order valence-electron chi connectivity index (χ4n) is 1.90. The summed E-state index contributed by atoms with van der Waals surface area (Å²) in [6.45, 7) is 3.50. The van der Waals surface area contributed by atoms with Crippen LogP contribution in [0, 0.1) is 6.92 Å². The minimum absolute atomic E-state index is 0.0574. The molecule has 21 heavy (non-hydrogen) atoms. The lowest BCUT2D eigenvalue weighted by atomic mass is 10.2. The molecule has 0 bridgehead atoms. The molecule has 0 atom stereocenters. The van der Waals surface area contributed by atoms with Crippen molar-refractivity contribution in [3.05, 3.63) is 45.1 Å². The quantitative estimate of drug-likeness (QED) is 0.696. The third kappa shape index (κ3) is 3.71. The van der Waals surface area contributed by atoms with Crippen molar-refractivity contribution in [2.24, 2.45) is 0 Å². The Morgan fingerprint density at radius 3 is 2.86 bits per heavy atom. The van der Waals surface area contributed by atoms with Crippen LogP contribution in [0.5, 0.6) is 0 Å². The van der Waals surface area contributed by atoms with Crippen molar-refractivity contribution in [2.75, 3.05) is 18.0 Å². The highest BCUT2D eigenvalue weighted by molar-refractivity contribution is 6.29. The number of hydrogen-bond donors (Lipinski definition) is 3. The topological polar surface area (TPSA) is 112 Å². The van der Waals surface area contributed by atoms with E-state index in [1.54, 1.807) is 6.07 Å². The average molecular weight is 309 g/mol. The lowest BCUT2D eigenvalue weighted by Crippen LogP contribution is -2.29. The van der Waals surface area contributed by atoms with Crippen LogP contribution in [0.15, 0.2) is 23.1 Å². The maximum atomic E-state index is 11.8. The summed E-state index contributed by atoms with van der Waals surface area (Å²) < 4.78 is 1.38. The molecular formula is C13H17ClN6O. The van der Waals surface area contributed by atoms with Crippen LogP contribution in [0.25, 0.3) is 0 Å². The molecule has 0 radical (unpaired) electrons. The van der Waals surface area contributed by atoms with Crippen molar-refractivity contribution >= 4 is 23.2 Å². The lowest BCUT2D eigenvalue weighted by Gasteiger charge is -2.10. The van der Waals surface area contributed by atoms with Crippen molar-refractivity contribution in [2.45, 2.75) is 20.0 Å². The van der Waals surface area contributed by atoms with Crippen LogP contribution in [-0.4, -0.2) is 21.1 Å². The summed E-state index contributed by atoms with van der Waals surface area (Å²) >= 11 is 5.93. The smallest absolute Gasteiger partial charge is 0.294 e. The number of anilines is 2. The Balaban J connectivity index is 1.94. The van der Waals surface area contributed by atoms with E-state index in [4.69, 9.17) is 23.1 Å². The monoisotopic (exact) mass is 308 g/mol. The fourth-order valence-corrected chi connectivity index (χ4v) is 2.11. The summed E-state index contributed by atoms with van der Waals surface area (Å²) in [5.74, 6) is 0.444. The molecule has 5 N–H and O–H groups in total. The molecule has 0 aliphatic carbocycles. The molecule has 0 saturated heterocycles. The Hall–Kier alpha value is -2.12. The molecule has 2 aromatic rings. The molecule has 2 aromatic heterocycles. The summed E-state index contributed by atoms with van der Waals surface area (Å²) in [6, 6.07) is 3.68. The van der Waals surface area contributed by atoms with E-state index in [1.807, 2.05) is 13.0 Å². The summed E-state index contributed by atoms with van der Waals surface area (Å²) in [6.07, 6.45) is 1.37. The van der Waals surface area contributed by atoms with E-state index in [-0.39, 0.29) is 16.5 Å². The van der Waals surface area contributed by atoms with Crippen LogP contribution >= 0.6 is 11.6 Å². The highest BCUT2D eigenvalue weighted by Crippen LogP contribution is 2.08. The first-order valence-corrected chi connectivity index (χ1v) is 6.80. The molecule has 0 aliphatic rings. The van der Waals surface area contributed by atoms with Gasteiger partial charge in [0.25, 0.3) is 5.56 Å². The van der Waals surface area contributed by atoms with Gasteiger partial charge in [0.1, 0.15) is 11.0 Å². The van der Waals surface area contributed by atoms with Crippen molar-refractivity contribution in [1.29, 1.82) is 0 Å². The first-order valence-electron chi connectivity index (χ1n) is 6.42. The van der Waals surface area contributed by atoms with Crippen molar-refractivity contribution < 1.29 is 0 Å². The average Bonchev–Trinajstić information content (AvgIpc) is 2.44. The summed E-state index contributed by atoms with van der Waals surface area (Å²) in [4.78, 5) is 19.7. The number of nitrogens with one attached hydrogen (secondary N) is 1. The van der Waals surface area contributed by atoms with Crippen LogP contribution in [-0.2, 0) is 13.1 Å². The van der Waals surface area contributed by atoms with Gasteiger partial charge in [-0.25, -0.2) is 9.97 Å². The second-order valence-corrected chi connectivity index (χ2v) is 4.97. The van der Waals surface area contributed by atoms with Crippen LogP contribution in [0.2, 0.25) is 5.15 Å². The van der Waals surface area contributed by atoms with E-state index in [0.717, 1.165) is 11.3 Å². The fraction of sp³-hybridized carbons (Fsp3) is 0.308. The third-order valence-corrected chi connectivity index (χ3v) is 3.38. The molecule has 112 valence electrons. The molecule has 0 spiro atoms. The van der Waals surface area contributed by atoms with Crippen molar-refractivity contribution in [3.8, 4) is 0 Å². The molecule has 0 aliphatic heterocycles. The zero-order valence-electron chi connectivity index (χ0n) is 11.6. The molecule has 2 rings (SSSR count). The summed E-state index contributed by atoms with van der Waals surface area (Å²) in [7, 11) is 0. The number of aromatic nitrogens is 3. The molecule has 0 aromatic carbocycles. The molecule has 0 fully saturated rings. The Bertz CT molecular complexity index is 700. The van der Waals surface area contributed by atoms with Gasteiger partial charge in [0.2, 0.25) is 0 Å². The van der Waals surface area contributed by atoms with Crippen LogP contribution in [0.1, 0.15) is 11.3 Å². The second-order valence-electron chi connectivity index (χ2n) is 4.58. The zero-order chi connectivity index (χ0) is 15.4. The van der Waals surface area contributed by atoms with E-state index in [1.165, 1.54) is 10.8 Å². The Labute approximate surface area is 127 Å². The Morgan fingerprint density at radius 1 is 1.38 bits per heavy atom. The summed E-state index contributed by atoms with van der Waals surface area (Å²) in [5, 5.41) is 3.49. The van der Waals surface area contributed by atoms with Gasteiger partial charge in [0, 0.05) is 25.3 Å². The van der Waals surface area contributed by atoms with E-state index >= 15 is 0 Å². The van der Waals surface area contributed by atoms with Crippen LogP contribution in [0.4, 0.5) is 11.6 Å². The van der Waals surface area contributed by atoms with E-state index < -0.39 is 0 Å². The number of nitrogens with zero attached hydrogens (tertiary/aromatic N) is 3. The van der Waals surface area contributed by atoms with Crippen molar-refractivity contribution in [3.63, 3.8) is 0 Å². The predicted octanol–water partition coefficient (Wildman–Crippen LogP) is 0.554. The maximum Gasteiger partial charge on any atom is 0.294 e. The van der Waals surface area contributed by atoms with E-state index in [0.29, 0.717) is 25.5 Å². The van der Waals surface area contributed by atoms with Gasteiger partial charge in [0.05, 0.1) is 6.20 Å². The van der Waals surface area contributed by atoms with E-state index in [9.17, 15) is 4.79 Å². The molecule has 8 heteroatoms. The van der Waals surface area contributed by atoms with Gasteiger partial charge in [-0.3, -0.25) is 9.36 Å². The number of rotatable bonds is 5. The Kier molecular flexibility index (Phi) is 4.77. The molecular weight excluding hydrogens is 292 g/mol. The molecule has 0 unspecified atom stereocenters. The highest BCUT2D eigenvalue weighted by Gasteiger charge is 2.06. The standard InChI is InChI=1S/C13H17ClN6O/c1-8-9(2-3-11(15)19-8)6-17-4-5-20-10(14)7-18-12(16)13(20)21/h2-3,7,17H,4-6H2,1H3,(H2,15,19)(H2,16,18). The van der Waals surface area contributed by atoms with Crippen LogP contribution in [0.3, 0.4) is 0 Å². The second kappa shape index (κ2) is 6.55. The predicted molar refractivity (Wildman–Crippen MR) is 83.0 cm³/mol. The van der Waals surface area contributed by atoms with Gasteiger partial charge in [-0.2, -0.15) is 0 Å². The van der Waals surface area contributed by atoms with Gasteiger partial charge in [0.15, 0.2) is 5.82 Å². The summed E-state index contributed by atoms with van der Waals surface area (Å²) in [5.41, 5.74) is 12.6. The van der Waals surface area contributed by atoms with Crippen molar-refractivity contribution in [1.82, 2.24) is 19.9 Å². The van der Waals surface area contributed by atoms with Gasteiger partial charge in [-0.1, -0.05) is 17.7 Å². The van der Waals surface area contributed by atoms with Gasteiger partial charge in [-0.15, -0.1) is 0 Å². The number of pyridine rings is 1. The van der Waals surface area contributed by atoms with Gasteiger partial charge >= 0.3 is 0 Å². The molecule has 7 nitrogen and oxygen atoms in total. The Morgan fingerprint density at radius 2 is 2.14 bits per heavy atom. The van der Waals surface area contributed by atoms with Crippen LogP contribution < -0.4 is 22.3 Å². The third-order valence-electron chi connectivity index (χ3n) is 3.08. The number of nitrogen functional groups attached to an aromatic ring is 2. The highest BCUT2D eigenvalue weighted by atomic mass is 35.5. The maximum absolute atomic E-state index is 11.8. The number of hydrogen-bond acceptors (Lipinski definition) is 6. The zero-order valence-corrected chi connectivity index (χ0v) is 12.4. The molecule has 2 heterocycles. The number of nitrogens with two attached hydrogens (primary N) is 2. The SMILES string of the molecule is Cc1nc(N)ccc1CNCCn1c(Cl)cnc(N)c1=O. The number of halogens is 1. The normalized spacial score (nSPS) is 10.8. The lowest BCUT2D eigenvalue weighted by molar-refractivity contribution is 0.583.